The first-order valence-corrected chi connectivity index (χ1v) is 8.51. The van der Waals surface area contributed by atoms with Crippen molar-refractivity contribution in [2.75, 3.05) is 6.54 Å². The summed E-state index contributed by atoms with van der Waals surface area (Å²) in [7, 11) is 0. The molecule has 2 aromatic heterocycles. The fraction of sp³-hybridized carbons (Fsp3) is 0.562. The van der Waals surface area contributed by atoms with Crippen molar-refractivity contribution in [2.45, 2.75) is 51.4 Å². The molecular weight excluding hydrogens is 314 g/mol. The van der Waals surface area contributed by atoms with Gasteiger partial charge in [0.05, 0.1) is 17.3 Å². The quantitative estimate of drug-likeness (QED) is 0.861. The first-order chi connectivity index (χ1) is 11.2. The van der Waals surface area contributed by atoms with Gasteiger partial charge in [-0.2, -0.15) is 0 Å². The summed E-state index contributed by atoms with van der Waals surface area (Å²) in [6, 6.07) is 2.80. The summed E-state index contributed by atoms with van der Waals surface area (Å²) in [5, 5.41) is 9.30. The monoisotopic (exact) mass is 333 g/mol. The van der Waals surface area contributed by atoms with E-state index in [2.05, 4.69) is 31.6 Å². The van der Waals surface area contributed by atoms with E-state index in [-0.39, 0.29) is 0 Å². The van der Waals surface area contributed by atoms with Crippen molar-refractivity contribution < 1.29 is 4.74 Å². The maximum atomic E-state index is 5.92. The van der Waals surface area contributed by atoms with Crippen LogP contribution in [0.2, 0.25) is 5.02 Å². The van der Waals surface area contributed by atoms with Gasteiger partial charge in [0.2, 0.25) is 0 Å². The molecular formula is C16H20ClN5O. The highest BCUT2D eigenvalue weighted by Gasteiger charge is 2.34. The number of nitrogens with zero attached hydrogens (tertiary/aromatic N) is 5. The van der Waals surface area contributed by atoms with E-state index < -0.39 is 0 Å². The number of hydrogen-bond acceptors (Lipinski definition) is 5. The summed E-state index contributed by atoms with van der Waals surface area (Å²) in [4.78, 5) is 6.59. The first kappa shape index (κ1) is 14.9. The van der Waals surface area contributed by atoms with Crippen LogP contribution in [0.1, 0.15) is 43.9 Å². The highest BCUT2D eigenvalue weighted by molar-refractivity contribution is 6.30. The predicted molar refractivity (Wildman–Crippen MR) is 86.4 cm³/mol. The van der Waals surface area contributed by atoms with Gasteiger partial charge in [-0.25, -0.2) is 0 Å². The molecule has 0 amide bonds. The highest BCUT2D eigenvalue weighted by atomic mass is 35.5. The molecule has 0 unspecified atom stereocenters. The molecule has 1 aliphatic heterocycles. The first-order valence-electron chi connectivity index (χ1n) is 8.13. The van der Waals surface area contributed by atoms with Crippen LogP contribution in [0, 0.1) is 0 Å². The Bertz CT molecular complexity index is 700. The lowest BCUT2D eigenvalue weighted by atomic mass is 9.90. The number of ether oxygens (including phenoxy) is 1. The average molecular weight is 334 g/mol. The van der Waals surface area contributed by atoms with Crippen molar-refractivity contribution in [1.29, 1.82) is 0 Å². The molecule has 2 aliphatic rings. The van der Waals surface area contributed by atoms with Crippen LogP contribution in [0.3, 0.4) is 0 Å². The van der Waals surface area contributed by atoms with Crippen LogP contribution >= 0.6 is 11.6 Å². The van der Waals surface area contributed by atoms with Crippen LogP contribution in [0.25, 0.3) is 0 Å². The SMILES string of the molecule is C[C@H]1c2nnc(COc3cncc(Cl)c3)n2CCN1C1CCC1. The lowest BCUT2D eigenvalue weighted by molar-refractivity contribution is 0.0601. The molecule has 0 aromatic carbocycles. The Morgan fingerprint density at radius 1 is 1.26 bits per heavy atom. The molecule has 1 atom stereocenters. The second-order valence-corrected chi connectivity index (χ2v) is 6.69. The van der Waals surface area contributed by atoms with Gasteiger partial charge in [0.15, 0.2) is 5.82 Å². The second kappa shape index (κ2) is 6.09. The van der Waals surface area contributed by atoms with E-state index in [1.54, 1.807) is 18.5 Å². The van der Waals surface area contributed by atoms with Gasteiger partial charge in [-0.15, -0.1) is 10.2 Å². The van der Waals surface area contributed by atoms with Crippen LogP contribution in [-0.2, 0) is 13.2 Å². The Hall–Kier alpha value is -1.66. The molecule has 0 N–H and O–H groups in total. The van der Waals surface area contributed by atoms with Crippen molar-refractivity contribution in [3.8, 4) is 5.75 Å². The zero-order valence-corrected chi connectivity index (χ0v) is 13.9. The number of fused-ring (bicyclic) bond motifs is 1. The maximum Gasteiger partial charge on any atom is 0.171 e. The van der Waals surface area contributed by atoms with Crippen molar-refractivity contribution in [3.63, 3.8) is 0 Å². The summed E-state index contributed by atoms with van der Waals surface area (Å²) >= 11 is 5.92. The summed E-state index contributed by atoms with van der Waals surface area (Å²) in [5.74, 6) is 2.56. The Balaban J connectivity index is 1.47. The summed E-state index contributed by atoms with van der Waals surface area (Å²) in [5.41, 5.74) is 0. The number of hydrogen-bond donors (Lipinski definition) is 0. The Morgan fingerprint density at radius 2 is 2.13 bits per heavy atom. The highest BCUT2D eigenvalue weighted by Crippen LogP contribution is 2.34. The second-order valence-electron chi connectivity index (χ2n) is 6.25. The standard InChI is InChI=1S/C16H20ClN5O/c1-11-16-20-19-15(10-23-14-7-12(17)8-18-9-14)22(16)6-5-21(11)13-3-2-4-13/h7-9,11,13H,2-6,10H2,1H3/t11-/m0/s1. The van der Waals surface area contributed by atoms with Gasteiger partial charge in [0.25, 0.3) is 0 Å². The number of halogens is 1. The van der Waals surface area contributed by atoms with Crippen molar-refractivity contribution in [3.05, 3.63) is 35.1 Å². The number of pyridine rings is 1. The molecule has 3 heterocycles. The van der Waals surface area contributed by atoms with E-state index in [4.69, 9.17) is 16.3 Å². The fourth-order valence-corrected chi connectivity index (χ4v) is 3.57. The average Bonchev–Trinajstić information content (AvgIpc) is 2.90. The molecule has 0 saturated heterocycles. The van der Waals surface area contributed by atoms with Crippen molar-refractivity contribution >= 4 is 11.6 Å². The third kappa shape index (κ3) is 2.81. The zero-order chi connectivity index (χ0) is 15.8. The normalized spacial score (nSPS) is 21.7. The molecule has 7 heteroatoms. The van der Waals surface area contributed by atoms with E-state index in [9.17, 15) is 0 Å². The molecule has 122 valence electrons. The van der Waals surface area contributed by atoms with Gasteiger partial charge in [-0.1, -0.05) is 18.0 Å². The minimum Gasteiger partial charge on any atom is -0.484 e. The van der Waals surface area contributed by atoms with E-state index >= 15 is 0 Å². The van der Waals surface area contributed by atoms with E-state index in [0.717, 1.165) is 30.8 Å². The van der Waals surface area contributed by atoms with E-state index in [1.807, 2.05) is 0 Å². The van der Waals surface area contributed by atoms with Crippen LogP contribution < -0.4 is 4.74 Å². The summed E-state index contributed by atoms with van der Waals surface area (Å²) < 4.78 is 7.95. The minimum atomic E-state index is 0.322. The third-order valence-corrected chi connectivity index (χ3v) is 5.11. The van der Waals surface area contributed by atoms with Gasteiger partial charge in [-0.05, 0) is 19.8 Å². The largest absolute Gasteiger partial charge is 0.484 e. The molecule has 1 fully saturated rings. The number of rotatable bonds is 4. The Labute approximate surface area is 140 Å². The Kier molecular flexibility index (Phi) is 3.95. The molecule has 2 aromatic rings. The smallest absolute Gasteiger partial charge is 0.171 e. The van der Waals surface area contributed by atoms with Gasteiger partial charge >= 0.3 is 0 Å². The minimum absolute atomic E-state index is 0.322. The summed E-state index contributed by atoms with van der Waals surface area (Å²) in [6.07, 6.45) is 7.23. The fourth-order valence-electron chi connectivity index (χ4n) is 3.40. The van der Waals surface area contributed by atoms with Gasteiger partial charge in [0.1, 0.15) is 18.2 Å². The van der Waals surface area contributed by atoms with Gasteiger partial charge < -0.3 is 9.30 Å². The molecule has 1 aliphatic carbocycles. The van der Waals surface area contributed by atoms with Crippen LogP contribution in [-0.4, -0.2) is 37.2 Å². The molecule has 4 rings (SSSR count). The molecule has 1 saturated carbocycles. The number of aromatic nitrogens is 4. The van der Waals surface area contributed by atoms with Crippen molar-refractivity contribution in [1.82, 2.24) is 24.6 Å². The van der Waals surface area contributed by atoms with E-state index in [1.165, 1.54) is 19.3 Å². The van der Waals surface area contributed by atoms with E-state index in [0.29, 0.717) is 23.4 Å². The zero-order valence-electron chi connectivity index (χ0n) is 13.2. The Morgan fingerprint density at radius 3 is 2.87 bits per heavy atom. The molecule has 23 heavy (non-hydrogen) atoms. The summed E-state index contributed by atoms with van der Waals surface area (Å²) in [6.45, 7) is 4.59. The topological polar surface area (TPSA) is 56.1 Å². The van der Waals surface area contributed by atoms with Gasteiger partial charge in [-0.3, -0.25) is 9.88 Å². The predicted octanol–water partition coefficient (Wildman–Crippen LogP) is 2.83. The maximum absolute atomic E-state index is 5.92. The van der Waals surface area contributed by atoms with Gasteiger partial charge in [0, 0.05) is 31.4 Å². The third-order valence-electron chi connectivity index (χ3n) is 4.90. The van der Waals surface area contributed by atoms with Crippen LogP contribution in [0.15, 0.2) is 18.5 Å². The molecule has 0 radical (unpaired) electrons. The lowest BCUT2D eigenvalue weighted by Crippen LogP contribution is -2.47. The lowest BCUT2D eigenvalue weighted by Gasteiger charge is -2.43. The molecule has 6 nitrogen and oxygen atoms in total. The molecule has 0 bridgehead atoms. The molecule has 0 spiro atoms. The van der Waals surface area contributed by atoms with Crippen LogP contribution in [0.5, 0.6) is 5.75 Å². The van der Waals surface area contributed by atoms with Crippen molar-refractivity contribution in [2.24, 2.45) is 0 Å². The van der Waals surface area contributed by atoms with Crippen LogP contribution in [0.4, 0.5) is 0 Å².